The molecule has 28 heavy (non-hydrogen) atoms. The first-order valence-electron chi connectivity index (χ1n) is 9.51. The van der Waals surface area contributed by atoms with Gasteiger partial charge >= 0.3 is 0 Å². The van der Waals surface area contributed by atoms with E-state index in [4.69, 9.17) is 9.15 Å². The van der Waals surface area contributed by atoms with Gasteiger partial charge in [0.25, 0.3) is 5.91 Å². The number of hydrogen-bond donors (Lipinski definition) is 0. The van der Waals surface area contributed by atoms with Crippen LogP contribution in [0.2, 0.25) is 0 Å². The second-order valence-electron chi connectivity index (χ2n) is 7.03. The van der Waals surface area contributed by atoms with E-state index >= 15 is 0 Å². The highest BCUT2D eigenvalue weighted by atomic mass is 16.5. The molecule has 1 amide bonds. The van der Waals surface area contributed by atoms with Crippen LogP contribution >= 0.6 is 0 Å². The molecule has 146 valence electrons. The molecule has 7 nitrogen and oxygen atoms in total. The number of methoxy groups -OCH3 is 1. The molecule has 7 heteroatoms. The summed E-state index contributed by atoms with van der Waals surface area (Å²) in [7, 11) is 1.60. The maximum absolute atomic E-state index is 12.7. The number of carbonyl (C=O) groups is 1. The first-order chi connectivity index (χ1) is 13.7. The summed E-state index contributed by atoms with van der Waals surface area (Å²) in [5, 5.41) is 0. The number of ether oxygens (including phenoxy) is 1. The zero-order valence-corrected chi connectivity index (χ0v) is 16.0. The van der Waals surface area contributed by atoms with Crippen LogP contribution in [0.25, 0.3) is 0 Å². The van der Waals surface area contributed by atoms with Crippen molar-refractivity contribution in [2.24, 2.45) is 0 Å². The Kier molecular flexibility index (Phi) is 5.53. The number of furan rings is 1. The summed E-state index contributed by atoms with van der Waals surface area (Å²) in [5.41, 5.74) is 1.20. The summed E-state index contributed by atoms with van der Waals surface area (Å²) in [6.45, 7) is 2.55. The van der Waals surface area contributed by atoms with Crippen LogP contribution in [0.4, 0.5) is 0 Å². The maximum Gasteiger partial charge on any atom is 0.289 e. The molecule has 0 saturated carbocycles. The first-order valence-corrected chi connectivity index (χ1v) is 9.51. The van der Waals surface area contributed by atoms with Crippen LogP contribution < -0.4 is 0 Å². The van der Waals surface area contributed by atoms with Gasteiger partial charge in [0.1, 0.15) is 18.2 Å². The van der Waals surface area contributed by atoms with Crippen molar-refractivity contribution in [3.05, 3.63) is 72.0 Å². The fourth-order valence-electron chi connectivity index (χ4n) is 3.71. The Morgan fingerprint density at radius 3 is 2.71 bits per heavy atom. The number of amides is 1. The molecule has 0 spiro atoms. The molecule has 0 aromatic carbocycles. The summed E-state index contributed by atoms with van der Waals surface area (Å²) in [6.07, 6.45) is 9.28. The van der Waals surface area contributed by atoms with Crippen molar-refractivity contribution < 1.29 is 13.9 Å². The van der Waals surface area contributed by atoms with Gasteiger partial charge in [-0.2, -0.15) is 0 Å². The number of carbonyl (C=O) groups excluding carboxylic acids is 1. The fourth-order valence-corrected chi connectivity index (χ4v) is 3.71. The predicted octanol–water partition coefficient (Wildman–Crippen LogP) is 3.09. The summed E-state index contributed by atoms with van der Waals surface area (Å²) < 4.78 is 12.8. The van der Waals surface area contributed by atoms with Crippen LogP contribution in [0.15, 0.2) is 53.5 Å². The standard InChI is InChI=1S/C21H24N4O3/c1-27-15-18-2-3-19(28-18)21(26)24-11-6-17(7-12-24)20-23-10-13-25(20)14-16-4-8-22-9-5-16/h2-5,8-10,13,17H,6-7,11-12,14-15H2,1H3. The van der Waals surface area contributed by atoms with Gasteiger partial charge in [-0.3, -0.25) is 9.78 Å². The third-order valence-corrected chi connectivity index (χ3v) is 5.16. The van der Waals surface area contributed by atoms with Gasteiger partial charge in [0.15, 0.2) is 5.76 Å². The van der Waals surface area contributed by atoms with E-state index in [1.54, 1.807) is 19.2 Å². The van der Waals surface area contributed by atoms with Gasteiger partial charge in [-0.15, -0.1) is 0 Å². The van der Waals surface area contributed by atoms with Crippen molar-refractivity contribution in [3.8, 4) is 0 Å². The molecule has 4 rings (SSSR count). The van der Waals surface area contributed by atoms with Crippen LogP contribution in [0.3, 0.4) is 0 Å². The summed E-state index contributed by atoms with van der Waals surface area (Å²) in [4.78, 5) is 23.2. The average Bonchev–Trinajstić information content (AvgIpc) is 3.38. The van der Waals surface area contributed by atoms with Crippen molar-refractivity contribution >= 4 is 5.91 Å². The maximum atomic E-state index is 12.7. The number of piperidine rings is 1. The van der Waals surface area contributed by atoms with Crippen molar-refractivity contribution in [2.45, 2.75) is 31.9 Å². The second-order valence-corrected chi connectivity index (χ2v) is 7.03. The molecular weight excluding hydrogens is 356 g/mol. The van der Waals surface area contributed by atoms with Gasteiger partial charge in [0, 0.05) is 57.4 Å². The average molecular weight is 380 g/mol. The molecule has 0 N–H and O–H groups in total. The molecule has 1 saturated heterocycles. The Morgan fingerprint density at radius 1 is 1.18 bits per heavy atom. The molecule has 0 bridgehead atoms. The Morgan fingerprint density at radius 2 is 1.96 bits per heavy atom. The third-order valence-electron chi connectivity index (χ3n) is 5.16. The number of rotatable bonds is 6. The lowest BCUT2D eigenvalue weighted by Crippen LogP contribution is -2.38. The predicted molar refractivity (Wildman–Crippen MR) is 103 cm³/mol. The minimum absolute atomic E-state index is 0.0547. The van der Waals surface area contributed by atoms with Crippen molar-refractivity contribution in [1.82, 2.24) is 19.4 Å². The van der Waals surface area contributed by atoms with Gasteiger partial charge in [-0.1, -0.05) is 0 Å². The molecule has 0 unspecified atom stereocenters. The quantitative estimate of drug-likeness (QED) is 0.657. The highest BCUT2D eigenvalue weighted by Crippen LogP contribution is 2.28. The van der Waals surface area contributed by atoms with E-state index in [-0.39, 0.29) is 5.91 Å². The van der Waals surface area contributed by atoms with E-state index in [1.165, 1.54) is 5.56 Å². The summed E-state index contributed by atoms with van der Waals surface area (Å²) >= 11 is 0. The van der Waals surface area contributed by atoms with Crippen LogP contribution in [0, 0.1) is 0 Å². The SMILES string of the molecule is COCc1ccc(C(=O)N2CCC(c3nccn3Cc3ccncc3)CC2)o1. The number of hydrogen-bond acceptors (Lipinski definition) is 5. The van der Waals surface area contributed by atoms with Gasteiger partial charge in [-0.25, -0.2) is 4.98 Å². The minimum Gasteiger partial charge on any atom is -0.453 e. The smallest absolute Gasteiger partial charge is 0.289 e. The Hall–Kier alpha value is -2.93. The number of aromatic nitrogens is 3. The molecule has 3 aromatic heterocycles. The van der Waals surface area contributed by atoms with Gasteiger partial charge in [0.2, 0.25) is 0 Å². The largest absolute Gasteiger partial charge is 0.453 e. The van der Waals surface area contributed by atoms with Gasteiger partial charge in [0.05, 0.1) is 0 Å². The van der Waals surface area contributed by atoms with Crippen LogP contribution in [0.5, 0.6) is 0 Å². The van der Waals surface area contributed by atoms with E-state index in [0.717, 1.165) is 25.2 Å². The van der Waals surface area contributed by atoms with E-state index in [9.17, 15) is 4.79 Å². The normalized spacial score (nSPS) is 15.1. The number of imidazole rings is 1. The number of pyridine rings is 1. The topological polar surface area (TPSA) is 73.4 Å². The lowest BCUT2D eigenvalue weighted by atomic mass is 9.95. The molecule has 3 aromatic rings. The molecule has 1 fully saturated rings. The fraction of sp³-hybridized carbons (Fsp3) is 0.381. The Balaban J connectivity index is 1.38. The minimum atomic E-state index is -0.0547. The monoisotopic (exact) mass is 380 g/mol. The summed E-state index contributed by atoms with van der Waals surface area (Å²) in [6, 6.07) is 7.56. The summed E-state index contributed by atoms with van der Waals surface area (Å²) in [5.74, 6) is 2.43. The second kappa shape index (κ2) is 8.39. The lowest BCUT2D eigenvalue weighted by molar-refractivity contribution is 0.0671. The van der Waals surface area contributed by atoms with Crippen molar-refractivity contribution in [2.75, 3.05) is 20.2 Å². The molecule has 0 atom stereocenters. The number of nitrogens with zero attached hydrogens (tertiary/aromatic N) is 4. The van der Waals surface area contributed by atoms with Crippen molar-refractivity contribution in [1.29, 1.82) is 0 Å². The van der Waals surface area contributed by atoms with Crippen LogP contribution in [-0.4, -0.2) is 45.5 Å². The first kappa shape index (κ1) is 18.4. The Labute approximate surface area is 164 Å². The molecule has 4 heterocycles. The van der Waals surface area contributed by atoms with Crippen LogP contribution in [-0.2, 0) is 17.9 Å². The van der Waals surface area contributed by atoms with E-state index < -0.39 is 0 Å². The molecular formula is C21H24N4O3. The zero-order chi connectivity index (χ0) is 19.3. The Bertz CT molecular complexity index is 911. The molecule has 0 aliphatic carbocycles. The van der Waals surface area contributed by atoms with Gasteiger partial charge < -0.3 is 18.6 Å². The lowest BCUT2D eigenvalue weighted by Gasteiger charge is -2.31. The highest BCUT2D eigenvalue weighted by molar-refractivity contribution is 5.91. The third kappa shape index (κ3) is 3.99. The zero-order valence-electron chi connectivity index (χ0n) is 16.0. The molecule has 1 aliphatic heterocycles. The highest BCUT2D eigenvalue weighted by Gasteiger charge is 2.28. The molecule has 1 aliphatic rings. The van der Waals surface area contributed by atoms with Crippen LogP contribution in [0.1, 0.15) is 46.5 Å². The molecule has 0 radical (unpaired) electrons. The number of likely N-dealkylation sites (tertiary alicyclic amines) is 1. The van der Waals surface area contributed by atoms with Gasteiger partial charge in [-0.05, 0) is 42.7 Å². The van der Waals surface area contributed by atoms with Crippen molar-refractivity contribution in [3.63, 3.8) is 0 Å². The van der Waals surface area contributed by atoms with E-state index in [2.05, 4.69) is 14.5 Å². The van der Waals surface area contributed by atoms with E-state index in [1.807, 2.05) is 41.8 Å². The van der Waals surface area contributed by atoms with E-state index in [0.29, 0.717) is 37.1 Å².